The Morgan fingerprint density at radius 2 is 1.42 bits per heavy atom. The van der Waals surface area contributed by atoms with E-state index in [1.165, 1.54) is 12.1 Å². The zero-order chi connectivity index (χ0) is 24.5. The molecule has 6 rings (SSSR count). The van der Waals surface area contributed by atoms with Crippen LogP contribution in [0.1, 0.15) is 0 Å². The molecule has 0 saturated carbocycles. The molecule has 1 fully saturated rings. The van der Waals surface area contributed by atoms with E-state index < -0.39 is 0 Å². The highest BCUT2D eigenvalue weighted by Crippen LogP contribution is 2.37. The average molecular weight is 480 g/mol. The fourth-order valence-electron chi connectivity index (χ4n) is 4.89. The summed E-state index contributed by atoms with van der Waals surface area (Å²) in [5, 5.41) is 1.04. The Hall–Kier alpha value is -4.39. The summed E-state index contributed by atoms with van der Waals surface area (Å²) >= 11 is 0. The fourth-order valence-corrected chi connectivity index (χ4v) is 4.89. The second-order valence-corrected chi connectivity index (χ2v) is 8.82. The van der Waals surface area contributed by atoms with E-state index >= 15 is 0 Å². The molecule has 6 nitrogen and oxygen atoms in total. The van der Waals surface area contributed by atoms with Crippen molar-refractivity contribution in [2.24, 2.45) is 0 Å². The third-order valence-electron chi connectivity index (χ3n) is 6.77. The Balaban J connectivity index is 1.40. The van der Waals surface area contributed by atoms with Gasteiger partial charge in [-0.05, 0) is 54.1 Å². The summed E-state index contributed by atoms with van der Waals surface area (Å²) in [6.07, 6.45) is 3.80. The molecule has 0 bridgehead atoms. The van der Waals surface area contributed by atoms with E-state index in [1.807, 2.05) is 42.5 Å². The van der Waals surface area contributed by atoms with Crippen LogP contribution >= 0.6 is 0 Å². The van der Waals surface area contributed by atoms with E-state index in [0.717, 1.165) is 71.3 Å². The maximum Gasteiger partial charge on any atom is 0.150 e. The first kappa shape index (κ1) is 22.1. The molecular formula is C29H26FN5O. The molecule has 2 aromatic heterocycles. The standard InChI is InChI=1S/C29H26FN5O/c1-36-25-13-11-24(12-14-25)35-19-26(21-5-3-2-4-6-21)27-28(31-20-32-29(27)35)34-17-15-33(16-18-34)23-9-7-22(30)8-10-23/h2-14,19-20H,15-18H2,1H3. The van der Waals surface area contributed by atoms with Crippen LogP contribution in [-0.4, -0.2) is 47.8 Å². The van der Waals surface area contributed by atoms with E-state index in [-0.39, 0.29) is 5.82 Å². The maximum atomic E-state index is 13.4. The summed E-state index contributed by atoms with van der Waals surface area (Å²) in [4.78, 5) is 14.1. The monoisotopic (exact) mass is 479 g/mol. The Kier molecular flexibility index (Phi) is 5.73. The number of methoxy groups -OCH3 is 1. The van der Waals surface area contributed by atoms with Crippen molar-refractivity contribution < 1.29 is 9.13 Å². The Morgan fingerprint density at radius 3 is 2.11 bits per heavy atom. The van der Waals surface area contributed by atoms with E-state index in [0.29, 0.717) is 0 Å². The number of benzene rings is 3. The molecule has 36 heavy (non-hydrogen) atoms. The highest BCUT2D eigenvalue weighted by Gasteiger charge is 2.24. The highest BCUT2D eigenvalue weighted by molar-refractivity contribution is 6.02. The van der Waals surface area contributed by atoms with Gasteiger partial charge in [0, 0.05) is 49.3 Å². The molecule has 3 heterocycles. The molecule has 0 amide bonds. The molecule has 1 aliphatic heterocycles. The fraction of sp³-hybridized carbons (Fsp3) is 0.172. The van der Waals surface area contributed by atoms with Crippen LogP contribution in [0, 0.1) is 5.82 Å². The summed E-state index contributed by atoms with van der Waals surface area (Å²) in [5.74, 6) is 1.54. The first-order valence-electron chi connectivity index (χ1n) is 12.0. The number of rotatable bonds is 5. The minimum Gasteiger partial charge on any atom is -0.497 e. The van der Waals surface area contributed by atoms with Gasteiger partial charge in [-0.25, -0.2) is 14.4 Å². The molecular weight excluding hydrogens is 453 g/mol. The van der Waals surface area contributed by atoms with Gasteiger partial charge in [0.25, 0.3) is 0 Å². The van der Waals surface area contributed by atoms with Gasteiger partial charge >= 0.3 is 0 Å². The lowest BCUT2D eigenvalue weighted by Gasteiger charge is -2.37. The predicted octanol–water partition coefficient (Wildman–Crippen LogP) is 5.56. The molecule has 0 unspecified atom stereocenters. The van der Waals surface area contributed by atoms with Gasteiger partial charge in [0.05, 0.1) is 12.5 Å². The molecule has 0 radical (unpaired) electrons. The maximum absolute atomic E-state index is 13.4. The molecule has 0 spiro atoms. The van der Waals surface area contributed by atoms with Gasteiger partial charge < -0.3 is 19.1 Å². The van der Waals surface area contributed by atoms with Crippen LogP contribution in [0.15, 0.2) is 91.4 Å². The smallest absolute Gasteiger partial charge is 0.150 e. The number of ether oxygens (including phenoxy) is 1. The average Bonchev–Trinajstić information content (AvgIpc) is 3.34. The van der Waals surface area contributed by atoms with Crippen molar-refractivity contribution in [1.82, 2.24) is 14.5 Å². The van der Waals surface area contributed by atoms with Gasteiger partial charge in [-0.2, -0.15) is 0 Å². The summed E-state index contributed by atoms with van der Waals surface area (Å²) in [6, 6.07) is 25.1. The number of hydrogen-bond donors (Lipinski definition) is 0. The van der Waals surface area contributed by atoms with Crippen molar-refractivity contribution >= 4 is 22.5 Å². The molecule has 5 aromatic rings. The Morgan fingerprint density at radius 1 is 0.750 bits per heavy atom. The lowest BCUT2D eigenvalue weighted by Crippen LogP contribution is -2.46. The van der Waals surface area contributed by atoms with Crippen molar-refractivity contribution in [3.8, 4) is 22.6 Å². The third-order valence-corrected chi connectivity index (χ3v) is 6.77. The molecule has 1 aliphatic rings. The van der Waals surface area contributed by atoms with E-state index in [9.17, 15) is 4.39 Å². The van der Waals surface area contributed by atoms with Gasteiger partial charge in [0.1, 0.15) is 23.7 Å². The molecule has 3 aromatic carbocycles. The van der Waals surface area contributed by atoms with E-state index in [1.54, 1.807) is 13.4 Å². The SMILES string of the molecule is COc1ccc(-n2cc(-c3ccccc3)c3c(N4CCN(c5ccc(F)cc5)CC4)ncnc32)cc1. The number of fused-ring (bicyclic) bond motifs is 1. The first-order valence-corrected chi connectivity index (χ1v) is 12.0. The second kappa shape index (κ2) is 9.34. The minimum atomic E-state index is -0.212. The topological polar surface area (TPSA) is 46.4 Å². The molecule has 1 saturated heterocycles. The molecule has 7 heteroatoms. The van der Waals surface area contributed by atoms with Crippen LogP contribution in [0.2, 0.25) is 0 Å². The van der Waals surface area contributed by atoms with Gasteiger partial charge in [0.15, 0.2) is 5.65 Å². The van der Waals surface area contributed by atoms with Crippen LogP contribution in [-0.2, 0) is 0 Å². The zero-order valence-electron chi connectivity index (χ0n) is 20.0. The molecule has 0 atom stereocenters. The third kappa shape index (κ3) is 4.02. The van der Waals surface area contributed by atoms with Gasteiger partial charge in [0.2, 0.25) is 0 Å². The summed E-state index contributed by atoms with van der Waals surface area (Å²) in [7, 11) is 1.67. The number of anilines is 2. The summed E-state index contributed by atoms with van der Waals surface area (Å²) in [5.41, 5.74) is 5.13. The normalized spacial score (nSPS) is 13.8. The first-order chi connectivity index (χ1) is 17.7. The largest absolute Gasteiger partial charge is 0.497 e. The number of hydrogen-bond acceptors (Lipinski definition) is 5. The van der Waals surface area contributed by atoms with Crippen molar-refractivity contribution in [3.05, 3.63) is 97.2 Å². The molecule has 180 valence electrons. The number of aromatic nitrogens is 3. The van der Waals surface area contributed by atoms with Crippen LogP contribution < -0.4 is 14.5 Å². The van der Waals surface area contributed by atoms with Gasteiger partial charge in [-0.15, -0.1) is 0 Å². The van der Waals surface area contributed by atoms with Crippen molar-refractivity contribution in [2.45, 2.75) is 0 Å². The van der Waals surface area contributed by atoms with Crippen LogP contribution in [0.5, 0.6) is 5.75 Å². The van der Waals surface area contributed by atoms with Crippen molar-refractivity contribution in [2.75, 3.05) is 43.1 Å². The van der Waals surface area contributed by atoms with E-state index in [4.69, 9.17) is 14.7 Å². The molecule has 0 aliphatic carbocycles. The van der Waals surface area contributed by atoms with Crippen LogP contribution in [0.3, 0.4) is 0 Å². The number of halogens is 1. The summed E-state index contributed by atoms with van der Waals surface area (Å²) in [6.45, 7) is 3.28. The van der Waals surface area contributed by atoms with Crippen molar-refractivity contribution in [3.63, 3.8) is 0 Å². The lowest BCUT2D eigenvalue weighted by atomic mass is 10.1. The molecule has 0 N–H and O–H groups in total. The highest BCUT2D eigenvalue weighted by atomic mass is 19.1. The Bertz CT molecular complexity index is 1470. The van der Waals surface area contributed by atoms with Crippen molar-refractivity contribution in [1.29, 1.82) is 0 Å². The predicted molar refractivity (Wildman–Crippen MR) is 142 cm³/mol. The summed E-state index contributed by atoms with van der Waals surface area (Å²) < 4.78 is 20.8. The number of piperazine rings is 1. The van der Waals surface area contributed by atoms with Gasteiger partial charge in [-0.3, -0.25) is 0 Å². The second-order valence-electron chi connectivity index (χ2n) is 8.82. The zero-order valence-corrected chi connectivity index (χ0v) is 20.0. The van der Waals surface area contributed by atoms with E-state index in [2.05, 4.69) is 44.8 Å². The quantitative estimate of drug-likeness (QED) is 0.330. The van der Waals surface area contributed by atoms with Gasteiger partial charge in [-0.1, -0.05) is 30.3 Å². The Labute approximate surface area is 209 Å². The van der Waals surface area contributed by atoms with Crippen LogP contribution in [0.4, 0.5) is 15.9 Å². The lowest BCUT2D eigenvalue weighted by molar-refractivity contribution is 0.415. The van der Waals surface area contributed by atoms with Crippen LogP contribution in [0.25, 0.3) is 27.8 Å². The number of nitrogens with zero attached hydrogens (tertiary/aromatic N) is 5. The minimum absolute atomic E-state index is 0.212.